The number of halogens is 1. The van der Waals surface area contributed by atoms with E-state index in [1.165, 1.54) is 20.5 Å². The number of hydrogen-bond acceptors (Lipinski definition) is 8. The molecule has 3 aromatic carbocycles. The van der Waals surface area contributed by atoms with Crippen LogP contribution in [-0.2, 0) is 16.1 Å². The molecule has 4 aromatic rings. The molecule has 2 N–H and O–H groups in total. The van der Waals surface area contributed by atoms with E-state index in [9.17, 15) is 14.4 Å². The maximum Gasteiger partial charge on any atom is 0.278 e. The number of nitrogens with one attached hydrogen (secondary N) is 2. The Morgan fingerprint density at radius 3 is 2.51 bits per heavy atom. The van der Waals surface area contributed by atoms with Crippen LogP contribution in [0.5, 0.6) is 11.5 Å². The number of anilines is 2. The lowest BCUT2D eigenvalue weighted by atomic mass is 10.2. The highest BCUT2D eigenvalue weighted by Gasteiger charge is 2.40. The van der Waals surface area contributed by atoms with Gasteiger partial charge in [0, 0.05) is 16.6 Å². The van der Waals surface area contributed by atoms with Gasteiger partial charge in [-0.15, -0.1) is 0 Å². The van der Waals surface area contributed by atoms with E-state index in [2.05, 4.69) is 10.6 Å². The highest BCUT2D eigenvalue weighted by atomic mass is 35.5. The van der Waals surface area contributed by atoms with E-state index < -0.39 is 11.8 Å². The Labute approximate surface area is 245 Å². The Bertz CT molecular complexity index is 1650. The molecule has 1 aliphatic rings. The molecule has 0 saturated heterocycles. The molecule has 0 spiro atoms. The molecule has 0 aliphatic carbocycles. The average molecular weight is 590 g/mol. The minimum absolute atomic E-state index is 0.0341. The fraction of sp³-hybridized carbons (Fsp3) is 0.100. The lowest BCUT2D eigenvalue weighted by molar-refractivity contribution is -0.138. The van der Waals surface area contributed by atoms with Crippen LogP contribution in [0.25, 0.3) is 0 Å². The number of rotatable bonds is 10. The summed E-state index contributed by atoms with van der Waals surface area (Å²) in [5, 5.41) is 6.26. The number of carbonyl (C=O) groups excluding carboxylic acids is 3. The summed E-state index contributed by atoms with van der Waals surface area (Å²) in [4.78, 5) is 41.9. The van der Waals surface area contributed by atoms with Crippen molar-refractivity contribution < 1.29 is 28.3 Å². The smallest absolute Gasteiger partial charge is 0.278 e. The van der Waals surface area contributed by atoms with Gasteiger partial charge in [-0.05, 0) is 54.6 Å². The summed E-state index contributed by atoms with van der Waals surface area (Å²) >= 11 is 7.27. The fourth-order valence-electron chi connectivity index (χ4n) is 4.10. The Hall–Kier alpha value is -4.67. The summed E-state index contributed by atoms with van der Waals surface area (Å²) in [5.74, 6) is 0.0771. The highest BCUT2D eigenvalue weighted by Crippen LogP contribution is 2.39. The quantitative estimate of drug-likeness (QED) is 0.211. The van der Waals surface area contributed by atoms with Crippen molar-refractivity contribution in [3.8, 4) is 11.5 Å². The monoisotopic (exact) mass is 589 g/mol. The van der Waals surface area contributed by atoms with E-state index in [-0.39, 0.29) is 23.1 Å². The SMILES string of the molecule is COc1ccc(NC2=C(Sc3cccc(NC(=O)c4ccccc4Cl)c3)C(=O)N(Cc3ccco3)C2=O)c(OC)c1. The standard InChI is InChI=1S/C30H24ClN3O6S/c1-38-19-12-13-24(25(16-19)39-2)33-26-27(30(37)34(29(26)36)17-20-8-6-14-40-20)41-21-9-5-7-18(15-21)32-28(35)22-10-3-4-11-23(22)31/h3-16,33H,17H2,1-2H3,(H,32,35). The van der Waals surface area contributed by atoms with Gasteiger partial charge in [0.2, 0.25) is 0 Å². The summed E-state index contributed by atoms with van der Waals surface area (Å²) in [7, 11) is 3.03. The molecule has 1 aliphatic heterocycles. The molecule has 0 bridgehead atoms. The molecular weight excluding hydrogens is 566 g/mol. The van der Waals surface area contributed by atoms with Gasteiger partial charge in [0.15, 0.2) is 0 Å². The van der Waals surface area contributed by atoms with Crippen molar-refractivity contribution >= 4 is 52.5 Å². The van der Waals surface area contributed by atoms with Crippen LogP contribution in [0.3, 0.4) is 0 Å². The van der Waals surface area contributed by atoms with Gasteiger partial charge in [0.1, 0.15) is 27.9 Å². The first-order valence-corrected chi connectivity index (χ1v) is 13.5. The Morgan fingerprint density at radius 1 is 0.951 bits per heavy atom. The summed E-state index contributed by atoms with van der Waals surface area (Å²) in [5.41, 5.74) is 1.39. The van der Waals surface area contributed by atoms with Crippen molar-refractivity contribution in [1.29, 1.82) is 0 Å². The molecule has 0 radical (unpaired) electrons. The van der Waals surface area contributed by atoms with Crippen molar-refractivity contribution in [2.24, 2.45) is 0 Å². The summed E-state index contributed by atoms with van der Waals surface area (Å²) in [6, 6.07) is 22.2. The molecule has 1 aromatic heterocycles. The van der Waals surface area contributed by atoms with Crippen LogP contribution >= 0.6 is 23.4 Å². The summed E-state index contributed by atoms with van der Waals surface area (Å²) in [6.45, 7) is -0.0341. The van der Waals surface area contributed by atoms with E-state index in [4.69, 9.17) is 25.5 Å². The van der Waals surface area contributed by atoms with Crippen LogP contribution in [-0.4, -0.2) is 36.8 Å². The number of amides is 3. The molecule has 208 valence electrons. The van der Waals surface area contributed by atoms with E-state index in [0.717, 1.165) is 16.7 Å². The Kier molecular flexibility index (Phi) is 8.32. The largest absolute Gasteiger partial charge is 0.497 e. The zero-order valence-corrected chi connectivity index (χ0v) is 23.5. The second-order valence-corrected chi connectivity index (χ2v) is 10.2. The van der Waals surface area contributed by atoms with E-state index in [1.54, 1.807) is 78.9 Å². The fourth-order valence-corrected chi connectivity index (χ4v) is 5.32. The molecule has 0 unspecified atom stereocenters. The van der Waals surface area contributed by atoms with E-state index in [0.29, 0.717) is 44.1 Å². The molecule has 41 heavy (non-hydrogen) atoms. The number of imide groups is 1. The summed E-state index contributed by atoms with van der Waals surface area (Å²) < 4.78 is 16.1. The van der Waals surface area contributed by atoms with Gasteiger partial charge in [-0.25, -0.2) is 0 Å². The highest BCUT2D eigenvalue weighted by molar-refractivity contribution is 8.04. The normalized spacial score (nSPS) is 13.0. The molecular formula is C30H24ClN3O6S. The van der Waals surface area contributed by atoms with Crippen molar-refractivity contribution in [3.63, 3.8) is 0 Å². The van der Waals surface area contributed by atoms with Crippen molar-refractivity contribution in [3.05, 3.63) is 112 Å². The first kappa shape index (κ1) is 27.9. The van der Waals surface area contributed by atoms with Gasteiger partial charge in [0.25, 0.3) is 17.7 Å². The van der Waals surface area contributed by atoms with Gasteiger partial charge in [0.05, 0.1) is 43.3 Å². The van der Waals surface area contributed by atoms with E-state index in [1.807, 2.05) is 0 Å². The third-order valence-electron chi connectivity index (χ3n) is 6.12. The number of ether oxygens (including phenoxy) is 2. The second kappa shape index (κ2) is 12.2. The zero-order valence-electron chi connectivity index (χ0n) is 22.0. The summed E-state index contributed by atoms with van der Waals surface area (Å²) in [6.07, 6.45) is 1.48. The minimum atomic E-state index is -0.519. The van der Waals surface area contributed by atoms with Crippen molar-refractivity contribution in [2.75, 3.05) is 24.9 Å². The Morgan fingerprint density at radius 2 is 1.78 bits per heavy atom. The predicted octanol–water partition coefficient (Wildman–Crippen LogP) is 6.19. The number of benzene rings is 3. The maximum absolute atomic E-state index is 13.6. The number of hydrogen-bond donors (Lipinski definition) is 2. The van der Waals surface area contributed by atoms with Crippen molar-refractivity contribution in [1.82, 2.24) is 4.90 Å². The second-order valence-electron chi connectivity index (χ2n) is 8.74. The molecule has 2 heterocycles. The van der Waals surface area contributed by atoms with E-state index >= 15 is 0 Å². The average Bonchev–Trinajstić information content (AvgIpc) is 3.57. The van der Waals surface area contributed by atoms with Gasteiger partial charge in [-0.2, -0.15) is 0 Å². The number of thioether (sulfide) groups is 1. The van der Waals surface area contributed by atoms with Gasteiger partial charge in [-0.3, -0.25) is 19.3 Å². The maximum atomic E-state index is 13.6. The number of nitrogens with zero attached hydrogens (tertiary/aromatic N) is 1. The molecule has 9 nitrogen and oxygen atoms in total. The first-order chi connectivity index (χ1) is 19.9. The number of carbonyl (C=O) groups is 3. The first-order valence-electron chi connectivity index (χ1n) is 12.3. The van der Waals surface area contributed by atoms with Crippen molar-refractivity contribution in [2.45, 2.75) is 11.4 Å². The third-order valence-corrected chi connectivity index (χ3v) is 7.52. The molecule has 0 atom stereocenters. The van der Waals surface area contributed by atoms with Gasteiger partial charge >= 0.3 is 0 Å². The number of methoxy groups -OCH3 is 2. The molecule has 5 rings (SSSR count). The predicted molar refractivity (Wildman–Crippen MR) is 156 cm³/mol. The molecule has 0 saturated carbocycles. The van der Waals surface area contributed by atoms with Crippen LogP contribution in [0, 0.1) is 0 Å². The molecule has 0 fully saturated rings. The van der Waals surface area contributed by atoms with Crippen LogP contribution in [0.2, 0.25) is 5.02 Å². The molecule has 11 heteroatoms. The van der Waals surface area contributed by atoms with Crippen LogP contribution in [0.1, 0.15) is 16.1 Å². The minimum Gasteiger partial charge on any atom is -0.497 e. The zero-order chi connectivity index (χ0) is 28.9. The van der Waals surface area contributed by atoms with Crippen LogP contribution in [0.4, 0.5) is 11.4 Å². The third kappa shape index (κ3) is 6.08. The van der Waals surface area contributed by atoms with Crippen LogP contribution in [0.15, 0.2) is 105 Å². The van der Waals surface area contributed by atoms with Gasteiger partial charge < -0.3 is 24.5 Å². The van der Waals surface area contributed by atoms with Crippen LogP contribution < -0.4 is 20.1 Å². The Balaban J connectivity index is 1.45. The topological polar surface area (TPSA) is 110 Å². The number of furan rings is 1. The van der Waals surface area contributed by atoms with Gasteiger partial charge in [-0.1, -0.05) is 41.6 Å². The molecule has 3 amide bonds. The lowest BCUT2D eigenvalue weighted by Gasteiger charge is -2.15. The lowest BCUT2D eigenvalue weighted by Crippen LogP contribution is -2.31.